The maximum Gasteiger partial charge on any atom is 0.410 e. The smallest absolute Gasteiger partial charge is 0.410 e. The number of nitrogens with one attached hydrogen (secondary N) is 2. The van der Waals surface area contributed by atoms with Crippen LogP contribution in [0.3, 0.4) is 0 Å². The van der Waals surface area contributed by atoms with Gasteiger partial charge < -0.3 is 21.1 Å². The Kier molecular flexibility index (Phi) is 6.35. The van der Waals surface area contributed by atoms with Crippen molar-refractivity contribution in [1.82, 2.24) is 15.5 Å². The van der Waals surface area contributed by atoms with Crippen LogP contribution < -0.4 is 16.4 Å². The van der Waals surface area contributed by atoms with Gasteiger partial charge in [-0.2, -0.15) is 0 Å². The van der Waals surface area contributed by atoms with E-state index in [1.54, 1.807) is 20.8 Å². The SMILES string of the molecule is CC(C)(C)OC(=O)N1CCC[C@H]1C(=O)NCC(=O)NCC(N)=O. The van der Waals surface area contributed by atoms with E-state index >= 15 is 0 Å². The molecule has 1 fully saturated rings. The largest absolute Gasteiger partial charge is 0.444 e. The van der Waals surface area contributed by atoms with Gasteiger partial charge in [0.05, 0.1) is 13.1 Å². The predicted octanol–water partition coefficient (Wildman–Crippen LogP) is -0.896. The molecule has 1 aliphatic rings. The zero-order valence-electron chi connectivity index (χ0n) is 13.7. The Labute approximate surface area is 134 Å². The molecule has 1 atom stereocenters. The minimum atomic E-state index is -0.670. The molecule has 1 heterocycles. The maximum atomic E-state index is 12.1. The number of likely N-dealkylation sites (tertiary alicyclic amines) is 1. The van der Waals surface area contributed by atoms with E-state index in [0.29, 0.717) is 19.4 Å². The molecule has 0 aromatic heterocycles. The van der Waals surface area contributed by atoms with Gasteiger partial charge in [0.25, 0.3) is 0 Å². The van der Waals surface area contributed by atoms with Gasteiger partial charge in [0.2, 0.25) is 17.7 Å². The number of rotatable bonds is 5. The van der Waals surface area contributed by atoms with Gasteiger partial charge in [-0.15, -0.1) is 0 Å². The summed E-state index contributed by atoms with van der Waals surface area (Å²) in [5.41, 5.74) is 4.26. The van der Waals surface area contributed by atoms with Crippen LogP contribution in [0.4, 0.5) is 4.79 Å². The molecule has 0 radical (unpaired) electrons. The summed E-state index contributed by atoms with van der Waals surface area (Å²) in [6, 6.07) is -0.659. The van der Waals surface area contributed by atoms with Crippen LogP contribution in [-0.4, -0.2) is 60.0 Å². The van der Waals surface area contributed by atoms with E-state index in [-0.39, 0.29) is 13.1 Å². The molecule has 1 saturated heterocycles. The van der Waals surface area contributed by atoms with Crippen LogP contribution >= 0.6 is 0 Å². The number of carbonyl (C=O) groups is 4. The van der Waals surface area contributed by atoms with Crippen molar-refractivity contribution >= 4 is 23.8 Å². The molecule has 9 heteroatoms. The summed E-state index contributed by atoms with van der Waals surface area (Å²) in [4.78, 5) is 47.6. The van der Waals surface area contributed by atoms with Gasteiger partial charge in [-0.25, -0.2) is 4.79 Å². The molecule has 23 heavy (non-hydrogen) atoms. The quantitative estimate of drug-likeness (QED) is 0.602. The minimum Gasteiger partial charge on any atom is -0.444 e. The van der Waals surface area contributed by atoms with Crippen LogP contribution in [0.25, 0.3) is 0 Å². The molecule has 1 rings (SSSR count). The summed E-state index contributed by atoms with van der Waals surface area (Å²) in [7, 11) is 0. The summed E-state index contributed by atoms with van der Waals surface area (Å²) in [6.45, 7) is 5.10. The van der Waals surface area contributed by atoms with E-state index in [1.165, 1.54) is 4.90 Å². The van der Waals surface area contributed by atoms with Crippen LogP contribution in [-0.2, 0) is 19.1 Å². The van der Waals surface area contributed by atoms with Crippen molar-refractivity contribution < 1.29 is 23.9 Å². The van der Waals surface area contributed by atoms with Crippen molar-refractivity contribution in [2.24, 2.45) is 5.73 Å². The lowest BCUT2D eigenvalue weighted by molar-refractivity contribution is -0.129. The second kappa shape index (κ2) is 7.80. The van der Waals surface area contributed by atoms with E-state index in [9.17, 15) is 19.2 Å². The molecular formula is C14H24N4O5. The van der Waals surface area contributed by atoms with Gasteiger partial charge in [-0.3, -0.25) is 19.3 Å². The van der Waals surface area contributed by atoms with Crippen LogP contribution in [0.1, 0.15) is 33.6 Å². The second-order valence-corrected chi connectivity index (χ2v) is 6.29. The Balaban J connectivity index is 2.49. The molecule has 0 bridgehead atoms. The fourth-order valence-corrected chi connectivity index (χ4v) is 2.11. The van der Waals surface area contributed by atoms with Gasteiger partial charge >= 0.3 is 6.09 Å². The number of ether oxygens (including phenoxy) is 1. The van der Waals surface area contributed by atoms with Crippen molar-refractivity contribution in [2.75, 3.05) is 19.6 Å². The van der Waals surface area contributed by atoms with Gasteiger partial charge in [0.1, 0.15) is 11.6 Å². The Morgan fingerprint density at radius 2 is 1.83 bits per heavy atom. The second-order valence-electron chi connectivity index (χ2n) is 6.29. The average Bonchev–Trinajstić information content (AvgIpc) is 2.90. The fraction of sp³-hybridized carbons (Fsp3) is 0.714. The van der Waals surface area contributed by atoms with Crippen LogP contribution in [0.15, 0.2) is 0 Å². The normalized spacial score (nSPS) is 17.5. The standard InChI is InChI=1S/C14H24N4O5/c1-14(2,3)23-13(22)18-6-4-5-9(18)12(21)17-8-11(20)16-7-10(15)19/h9H,4-8H2,1-3H3,(H2,15,19)(H,16,20)(H,17,21)/t9-/m0/s1. The summed E-state index contributed by atoms with van der Waals surface area (Å²) >= 11 is 0. The van der Waals surface area contributed by atoms with Gasteiger partial charge in [-0.1, -0.05) is 0 Å². The van der Waals surface area contributed by atoms with Crippen molar-refractivity contribution in [3.8, 4) is 0 Å². The number of amides is 4. The molecule has 9 nitrogen and oxygen atoms in total. The molecule has 0 aromatic rings. The van der Waals surface area contributed by atoms with E-state index in [1.807, 2.05) is 0 Å². The van der Waals surface area contributed by atoms with Crippen LogP contribution in [0, 0.1) is 0 Å². The highest BCUT2D eigenvalue weighted by Crippen LogP contribution is 2.20. The predicted molar refractivity (Wildman–Crippen MR) is 81.2 cm³/mol. The summed E-state index contributed by atoms with van der Waals surface area (Å²) in [5, 5.41) is 4.70. The molecule has 0 saturated carbocycles. The first kappa shape index (κ1) is 18.7. The third-order valence-corrected chi connectivity index (χ3v) is 3.07. The Morgan fingerprint density at radius 1 is 1.17 bits per heavy atom. The molecule has 130 valence electrons. The Bertz CT molecular complexity index is 486. The molecule has 4 N–H and O–H groups in total. The van der Waals surface area contributed by atoms with E-state index in [4.69, 9.17) is 10.5 Å². The molecule has 0 aliphatic carbocycles. The monoisotopic (exact) mass is 328 g/mol. The molecule has 0 spiro atoms. The lowest BCUT2D eigenvalue weighted by atomic mass is 10.2. The molecule has 4 amide bonds. The number of hydrogen-bond acceptors (Lipinski definition) is 5. The molecular weight excluding hydrogens is 304 g/mol. The van der Waals surface area contributed by atoms with Gasteiger partial charge in [-0.05, 0) is 33.6 Å². The minimum absolute atomic E-state index is 0.287. The topological polar surface area (TPSA) is 131 Å². The van der Waals surface area contributed by atoms with Crippen LogP contribution in [0.5, 0.6) is 0 Å². The highest BCUT2D eigenvalue weighted by Gasteiger charge is 2.36. The first-order chi connectivity index (χ1) is 10.6. The summed E-state index contributed by atoms with van der Waals surface area (Å²) in [5.74, 6) is -1.63. The maximum absolute atomic E-state index is 12.1. The number of hydrogen-bond donors (Lipinski definition) is 3. The molecule has 1 aliphatic heterocycles. The third kappa shape index (κ3) is 6.54. The lowest BCUT2D eigenvalue weighted by Gasteiger charge is -2.27. The first-order valence-corrected chi connectivity index (χ1v) is 7.42. The van der Waals surface area contributed by atoms with Crippen LogP contribution in [0.2, 0.25) is 0 Å². The first-order valence-electron chi connectivity index (χ1n) is 7.42. The highest BCUT2D eigenvalue weighted by atomic mass is 16.6. The van der Waals surface area contributed by atoms with Crippen molar-refractivity contribution in [1.29, 1.82) is 0 Å². The highest BCUT2D eigenvalue weighted by molar-refractivity contribution is 5.91. The van der Waals surface area contributed by atoms with Crippen molar-refractivity contribution in [3.05, 3.63) is 0 Å². The summed E-state index contributed by atoms with van der Waals surface area (Å²) in [6.07, 6.45) is 0.646. The Morgan fingerprint density at radius 3 is 2.39 bits per heavy atom. The zero-order chi connectivity index (χ0) is 17.6. The third-order valence-electron chi connectivity index (χ3n) is 3.07. The average molecular weight is 328 g/mol. The fourth-order valence-electron chi connectivity index (χ4n) is 2.11. The summed E-state index contributed by atoms with van der Waals surface area (Å²) < 4.78 is 5.27. The van der Waals surface area contributed by atoms with Crippen molar-refractivity contribution in [2.45, 2.75) is 45.3 Å². The number of nitrogens with zero attached hydrogens (tertiary/aromatic N) is 1. The number of carbonyl (C=O) groups excluding carboxylic acids is 4. The van der Waals surface area contributed by atoms with Gasteiger partial charge in [0.15, 0.2) is 0 Å². The van der Waals surface area contributed by atoms with E-state index in [0.717, 1.165) is 0 Å². The molecule has 0 aromatic carbocycles. The van der Waals surface area contributed by atoms with E-state index < -0.39 is 35.5 Å². The molecule has 0 unspecified atom stereocenters. The zero-order valence-corrected chi connectivity index (χ0v) is 13.7. The number of primary amides is 1. The van der Waals surface area contributed by atoms with Crippen molar-refractivity contribution in [3.63, 3.8) is 0 Å². The van der Waals surface area contributed by atoms with E-state index in [2.05, 4.69) is 10.6 Å². The van der Waals surface area contributed by atoms with Gasteiger partial charge in [0, 0.05) is 6.54 Å². The Hall–Kier alpha value is -2.32. The number of nitrogens with two attached hydrogens (primary N) is 1. The lowest BCUT2D eigenvalue weighted by Crippen LogP contribution is -2.49.